The number of hydrogen-bond acceptors (Lipinski definition) is 4. The lowest BCUT2D eigenvalue weighted by Crippen LogP contribution is -2.58. The van der Waals surface area contributed by atoms with Crippen molar-refractivity contribution < 1.29 is 9.53 Å². The molecular formula is C18H28Cl3N3O2. The smallest absolute Gasteiger partial charge is 0.240 e. The number of piperidine rings is 1. The number of nitrogens with one attached hydrogen (secondary N) is 2. The van der Waals surface area contributed by atoms with Crippen LogP contribution in [-0.4, -0.2) is 55.2 Å². The molecule has 2 saturated heterocycles. The van der Waals surface area contributed by atoms with E-state index in [4.69, 9.17) is 16.3 Å². The molecule has 0 spiro atoms. The maximum Gasteiger partial charge on any atom is 0.240 e. The SMILES string of the molecule is C[C@H]1OCCN[C@@H]1C(=O)NC1CCN(Cc2ccc(Cl)cc2)CC1.Cl.Cl. The van der Waals surface area contributed by atoms with Gasteiger partial charge in [-0.2, -0.15) is 0 Å². The number of halogens is 3. The Morgan fingerprint density at radius 3 is 2.54 bits per heavy atom. The van der Waals surface area contributed by atoms with E-state index in [1.165, 1.54) is 5.56 Å². The highest BCUT2D eigenvalue weighted by atomic mass is 35.5. The fourth-order valence-electron chi connectivity index (χ4n) is 3.40. The fraction of sp³-hybridized carbons (Fsp3) is 0.611. The second-order valence-electron chi connectivity index (χ2n) is 6.69. The van der Waals surface area contributed by atoms with Crippen LogP contribution in [0.25, 0.3) is 0 Å². The zero-order chi connectivity index (χ0) is 16.9. The summed E-state index contributed by atoms with van der Waals surface area (Å²) in [6, 6.07) is 8.05. The van der Waals surface area contributed by atoms with Gasteiger partial charge in [-0.05, 0) is 37.5 Å². The normalized spacial score (nSPS) is 24.2. The lowest BCUT2D eigenvalue weighted by molar-refractivity contribution is -0.130. The summed E-state index contributed by atoms with van der Waals surface area (Å²) in [6.07, 6.45) is 1.91. The average molecular weight is 425 g/mol. The third-order valence-electron chi connectivity index (χ3n) is 4.85. The van der Waals surface area contributed by atoms with E-state index in [1.54, 1.807) is 0 Å². The molecule has 0 radical (unpaired) electrons. The summed E-state index contributed by atoms with van der Waals surface area (Å²) >= 11 is 5.93. The van der Waals surface area contributed by atoms with Crippen molar-refractivity contribution in [3.63, 3.8) is 0 Å². The van der Waals surface area contributed by atoms with Gasteiger partial charge in [-0.25, -0.2) is 0 Å². The monoisotopic (exact) mass is 423 g/mol. The van der Waals surface area contributed by atoms with Crippen LogP contribution in [0.2, 0.25) is 5.02 Å². The minimum atomic E-state index is -0.231. The molecule has 2 fully saturated rings. The highest BCUT2D eigenvalue weighted by molar-refractivity contribution is 6.30. The molecule has 26 heavy (non-hydrogen) atoms. The Balaban J connectivity index is 0.00000169. The van der Waals surface area contributed by atoms with Gasteiger partial charge >= 0.3 is 0 Å². The van der Waals surface area contributed by atoms with Crippen molar-refractivity contribution in [2.45, 2.75) is 44.5 Å². The van der Waals surface area contributed by atoms with Gasteiger partial charge < -0.3 is 15.4 Å². The number of rotatable bonds is 4. The van der Waals surface area contributed by atoms with Crippen molar-refractivity contribution in [1.82, 2.24) is 15.5 Å². The van der Waals surface area contributed by atoms with Crippen LogP contribution in [-0.2, 0) is 16.1 Å². The predicted molar refractivity (Wildman–Crippen MR) is 110 cm³/mol. The van der Waals surface area contributed by atoms with Crippen molar-refractivity contribution in [2.75, 3.05) is 26.2 Å². The van der Waals surface area contributed by atoms with Gasteiger partial charge in [0, 0.05) is 37.2 Å². The fourth-order valence-corrected chi connectivity index (χ4v) is 3.53. The molecule has 1 aromatic carbocycles. The number of nitrogens with zero attached hydrogens (tertiary/aromatic N) is 1. The molecule has 1 aromatic rings. The van der Waals surface area contributed by atoms with Gasteiger partial charge in [-0.1, -0.05) is 23.7 Å². The number of hydrogen-bond donors (Lipinski definition) is 2. The Hall–Kier alpha value is -0.560. The van der Waals surface area contributed by atoms with Crippen molar-refractivity contribution in [3.05, 3.63) is 34.9 Å². The van der Waals surface area contributed by atoms with Gasteiger partial charge in [0.05, 0.1) is 12.7 Å². The van der Waals surface area contributed by atoms with E-state index in [0.717, 1.165) is 44.0 Å². The standard InChI is InChI=1S/C18H26ClN3O2.2ClH/c1-13-17(20-8-11-24-13)18(23)21-16-6-9-22(10-7-16)12-14-2-4-15(19)5-3-14;;/h2-5,13,16-17,20H,6-12H2,1H3,(H,21,23);2*1H/t13-,17+;;/m1../s1. The number of carbonyl (C=O) groups excluding carboxylic acids is 1. The first-order valence-electron chi connectivity index (χ1n) is 8.74. The molecule has 3 rings (SSSR count). The Kier molecular flexibility index (Phi) is 10.2. The van der Waals surface area contributed by atoms with Gasteiger partial charge in [0.1, 0.15) is 6.04 Å². The van der Waals surface area contributed by atoms with Crippen molar-refractivity contribution >= 4 is 42.3 Å². The molecular weight excluding hydrogens is 397 g/mol. The minimum Gasteiger partial charge on any atom is -0.375 e. The van der Waals surface area contributed by atoms with Crippen LogP contribution in [0.3, 0.4) is 0 Å². The molecule has 2 aliphatic heterocycles. The Bertz CT molecular complexity index is 551. The molecule has 1 amide bonds. The molecule has 5 nitrogen and oxygen atoms in total. The summed E-state index contributed by atoms with van der Waals surface area (Å²) in [7, 11) is 0. The summed E-state index contributed by atoms with van der Waals surface area (Å²) in [5.41, 5.74) is 1.28. The van der Waals surface area contributed by atoms with Crippen LogP contribution in [0.4, 0.5) is 0 Å². The molecule has 0 aliphatic carbocycles. The molecule has 0 aromatic heterocycles. The highest BCUT2D eigenvalue weighted by Gasteiger charge is 2.30. The highest BCUT2D eigenvalue weighted by Crippen LogP contribution is 2.16. The van der Waals surface area contributed by atoms with Crippen LogP contribution in [0, 0.1) is 0 Å². The Morgan fingerprint density at radius 1 is 1.27 bits per heavy atom. The first kappa shape index (κ1) is 23.5. The second-order valence-corrected chi connectivity index (χ2v) is 7.13. The Labute approximate surface area is 173 Å². The van der Waals surface area contributed by atoms with Gasteiger partial charge in [0.15, 0.2) is 0 Å². The molecule has 0 unspecified atom stereocenters. The number of likely N-dealkylation sites (tertiary alicyclic amines) is 1. The summed E-state index contributed by atoms with van der Waals surface area (Å²) in [4.78, 5) is 14.8. The zero-order valence-electron chi connectivity index (χ0n) is 14.9. The summed E-state index contributed by atoms with van der Waals surface area (Å²) in [5, 5.41) is 7.20. The van der Waals surface area contributed by atoms with E-state index in [9.17, 15) is 4.79 Å². The van der Waals surface area contributed by atoms with Crippen molar-refractivity contribution in [2.24, 2.45) is 0 Å². The van der Waals surface area contributed by atoms with Gasteiger partial charge in [0.25, 0.3) is 0 Å². The first-order chi connectivity index (χ1) is 11.6. The molecule has 0 bridgehead atoms. The molecule has 0 saturated carbocycles. The maximum atomic E-state index is 12.4. The maximum absolute atomic E-state index is 12.4. The molecule has 2 atom stereocenters. The molecule has 8 heteroatoms. The number of amides is 1. The number of benzene rings is 1. The topological polar surface area (TPSA) is 53.6 Å². The Morgan fingerprint density at radius 2 is 1.92 bits per heavy atom. The number of morpholine rings is 1. The minimum absolute atomic E-state index is 0. The largest absolute Gasteiger partial charge is 0.375 e. The summed E-state index contributed by atoms with van der Waals surface area (Å²) < 4.78 is 5.55. The van der Waals surface area contributed by atoms with Crippen LogP contribution < -0.4 is 10.6 Å². The second kappa shape index (κ2) is 11.3. The third kappa shape index (κ3) is 6.55. The third-order valence-corrected chi connectivity index (χ3v) is 5.10. The lowest BCUT2D eigenvalue weighted by Gasteiger charge is -2.35. The molecule has 2 aliphatic rings. The zero-order valence-corrected chi connectivity index (χ0v) is 17.3. The van der Waals surface area contributed by atoms with Crippen LogP contribution in [0.15, 0.2) is 24.3 Å². The van der Waals surface area contributed by atoms with Crippen LogP contribution >= 0.6 is 36.4 Å². The van der Waals surface area contributed by atoms with Gasteiger partial charge in [0.2, 0.25) is 5.91 Å². The predicted octanol–water partition coefficient (Wildman–Crippen LogP) is 2.64. The van der Waals surface area contributed by atoms with Crippen molar-refractivity contribution in [3.8, 4) is 0 Å². The van der Waals surface area contributed by atoms with Gasteiger partial charge in [-0.3, -0.25) is 9.69 Å². The average Bonchev–Trinajstić information content (AvgIpc) is 2.59. The first-order valence-corrected chi connectivity index (χ1v) is 9.12. The van der Waals surface area contributed by atoms with E-state index in [1.807, 2.05) is 19.1 Å². The van der Waals surface area contributed by atoms with Gasteiger partial charge in [-0.15, -0.1) is 24.8 Å². The van der Waals surface area contributed by atoms with E-state index >= 15 is 0 Å². The van der Waals surface area contributed by atoms with E-state index in [0.29, 0.717) is 6.61 Å². The van der Waals surface area contributed by atoms with Crippen LogP contribution in [0.5, 0.6) is 0 Å². The lowest BCUT2D eigenvalue weighted by atomic mass is 10.0. The summed E-state index contributed by atoms with van der Waals surface area (Å²) in [5.74, 6) is 0.0679. The van der Waals surface area contributed by atoms with E-state index in [2.05, 4.69) is 27.7 Å². The number of carbonyl (C=O) groups is 1. The molecule has 148 valence electrons. The van der Waals surface area contributed by atoms with Crippen molar-refractivity contribution in [1.29, 1.82) is 0 Å². The van der Waals surface area contributed by atoms with Crippen LogP contribution in [0.1, 0.15) is 25.3 Å². The molecule has 2 N–H and O–H groups in total. The quantitative estimate of drug-likeness (QED) is 0.780. The van der Waals surface area contributed by atoms with E-state index in [-0.39, 0.29) is 48.9 Å². The number of ether oxygens (including phenoxy) is 1. The van der Waals surface area contributed by atoms with E-state index < -0.39 is 0 Å². The molecule has 2 heterocycles. The summed E-state index contributed by atoms with van der Waals surface area (Å²) in [6.45, 7) is 6.30.